The summed E-state index contributed by atoms with van der Waals surface area (Å²) in [6.45, 7) is 1.21. The number of hydrogen-bond donors (Lipinski definition) is 1. The van der Waals surface area contributed by atoms with Gasteiger partial charge in [-0.25, -0.2) is 0 Å². The second-order valence-corrected chi connectivity index (χ2v) is 6.10. The van der Waals surface area contributed by atoms with E-state index < -0.39 is 7.04 Å². The molecule has 0 atom stereocenters. The maximum atomic E-state index is 7.26. The van der Waals surface area contributed by atoms with Gasteiger partial charge in [0.15, 0.2) is 0 Å². The molecule has 0 spiro atoms. The third-order valence-corrected chi connectivity index (χ3v) is 4.37. The highest BCUT2D eigenvalue weighted by atomic mass is 127. The van der Waals surface area contributed by atoms with Gasteiger partial charge in [0, 0.05) is 12.1 Å². The molecule has 0 aromatic heterocycles. The predicted molar refractivity (Wildman–Crippen MR) is 101 cm³/mol. The first-order valence-electron chi connectivity index (χ1n) is 8.72. The zero-order valence-electron chi connectivity index (χ0n) is 16.2. The zero-order chi connectivity index (χ0) is 19.2. The highest BCUT2D eigenvalue weighted by Gasteiger charge is 2.09. The van der Waals surface area contributed by atoms with E-state index >= 15 is 0 Å². The molecule has 2 aromatic carbocycles. The number of methoxy groups -OCH3 is 3. The van der Waals surface area contributed by atoms with Gasteiger partial charge < -0.3 is 19.5 Å². The standard InChI is InChI=1S/C18H22INO3/c1-21-16-7-5-4-6-14(16)12-20-9-8-13-10-18(23-3)15(19)11-17(13)22-2/h4-7,10-11,20H,8-9,12H2,1-3H3/i1D3. The molecule has 0 radical (unpaired) electrons. The van der Waals surface area contributed by atoms with Crippen molar-refractivity contribution in [3.63, 3.8) is 0 Å². The van der Waals surface area contributed by atoms with Gasteiger partial charge in [0.05, 0.1) is 28.9 Å². The van der Waals surface area contributed by atoms with Crippen molar-refractivity contribution in [2.24, 2.45) is 0 Å². The maximum Gasteiger partial charge on any atom is 0.132 e. The van der Waals surface area contributed by atoms with E-state index in [-0.39, 0.29) is 0 Å². The monoisotopic (exact) mass is 430 g/mol. The molecule has 2 rings (SSSR count). The van der Waals surface area contributed by atoms with Gasteiger partial charge in [0.25, 0.3) is 0 Å². The second-order valence-electron chi connectivity index (χ2n) is 4.94. The van der Waals surface area contributed by atoms with Gasteiger partial charge in [-0.05, 0) is 59.3 Å². The molecule has 4 nitrogen and oxygen atoms in total. The van der Waals surface area contributed by atoms with Crippen LogP contribution in [-0.4, -0.2) is 27.8 Å². The fraction of sp³-hybridized carbons (Fsp3) is 0.333. The highest BCUT2D eigenvalue weighted by Crippen LogP contribution is 2.30. The van der Waals surface area contributed by atoms with Crippen LogP contribution in [0.4, 0.5) is 0 Å². The Morgan fingerprint density at radius 1 is 1.00 bits per heavy atom. The SMILES string of the molecule is [2H]C([2H])([2H])Oc1ccccc1CNCCc1cc(OC)c(I)cc1OC. The van der Waals surface area contributed by atoms with E-state index in [4.69, 9.17) is 18.3 Å². The summed E-state index contributed by atoms with van der Waals surface area (Å²) in [4.78, 5) is 0. The van der Waals surface area contributed by atoms with Crippen LogP contribution in [0.2, 0.25) is 0 Å². The van der Waals surface area contributed by atoms with Crippen LogP contribution in [0.25, 0.3) is 0 Å². The Morgan fingerprint density at radius 2 is 1.78 bits per heavy atom. The molecule has 5 heteroatoms. The van der Waals surface area contributed by atoms with Crippen LogP contribution in [0.5, 0.6) is 17.2 Å². The van der Waals surface area contributed by atoms with Crippen molar-refractivity contribution in [1.82, 2.24) is 5.32 Å². The van der Waals surface area contributed by atoms with E-state index in [1.165, 1.54) is 0 Å². The van der Waals surface area contributed by atoms with Crippen molar-refractivity contribution in [3.05, 3.63) is 51.1 Å². The predicted octanol–water partition coefficient (Wildman–Crippen LogP) is 3.65. The summed E-state index contributed by atoms with van der Waals surface area (Å²) in [5.74, 6) is 2.01. The highest BCUT2D eigenvalue weighted by molar-refractivity contribution is 14.1. The molecule has 0 saturated heterocycles. The van der Waals surface area contributed by atoms with Crippen LogP contribution in [0.3, 0.4) is 0 Å². The molecule has 0 aliphatic carbocycles. The number of rotatable bonds is 8. The minimum Gasteiger partial charge on any atom is -0.496 e. The van der Waals surface area contributed by atoms with E-state index in [1.807, 2.05) is 24.3 Å². The van der Waals surface area contributed by atoms with Gasteiger partial charge in [0.2, 0.25) is 0 Å². The van der Waals surface area contributed by atoms with Crippen molar-refractivity contribution < 1.29 is 18.3 Å². The van der Waals surface area contributed by atoms with Gasteiger partial charge in [-0.1, -0.05) is 18.2 Å². The molecule has 0 saturated carbocycles. The quantitative estimate of drug-likeness (QED) is 0.513. The lowest BCUT2D eigenvalue weighted by Crippen LogP contribution is -2.17. The Balaban J connectivity index is 1.98. The Bertz CT molecular complexity index is 738. The fourth-order valence-electron chi connectivity index (χ4n) is 2.31. The number of hydrogen-bond acceptors (Lipinski definition) is 4. The normalized spacial score (nSPS) is 12.9. The van der Waals surface area contributed by atoms with Gasteiger partial charge >= 0.3 is 0 Å². The van der Waals surface area contributed by atoms with Crippen molar-refractivity contribution in [2.45, 2.75) is 13.0 Å². The van der Waals surface area contributed by atoms with Gasteiger partial charge in [-0.3, -0.25) is 0 Å². The molecule has 124 valence electrons. The summed E-state index contributed by atoms with van der Waals surface area (Å²) in [6, 6.07) is 11.1. The Morgan fingerprint density at radius 3 is 2.52 bits per heavy atom. The minimum absolute atomic E-state index is 0.369. The molecule has 0 aliphatic heterocycles. The van der Waals surface area contributed by atoms with Gasteiger partial charge in [-0.2, -0.15) is 0 Å². The van der Waals surface area contributed by atoms with E-state index in [0.717, 1.165) is 32.6 Å². The van der Waals surface area contributed by atoms with Crippen LogP contribution in [-0.2, 0) is 13.0 Å². The zero-order valence-corrected chi connectivity index (χ0v) is 15.3. The second kappa shape index (κ2) is 8.98. The number of benzene rings is 2. The number of ether oxygens (including phenoxy) is 3. The first-order valence-corrected chi connectivity index (χ1v) is 8.30. The third-order valence-electron chi connectivity index (χ3n) is 3.52. The molecule has 2 aromatic rings. The van der Waals surface area contributed by atoms with Crippen molar-refractivity contribution >= 4 is 22.6 Å². The van der Waals surface area contributed by atoms with Crippen molar-refractivity contribution in [3.8, 4) is 17.2 Å². The van der Waals surface area contributed by atoms with Gasteiger partial charge in [0.1, 0.15) is 17.2 Å². The molecule has 1 N–H and O–H groups in total. The summed E-state index contributed by atoms with van der Waals surface area (Å²) >= 11 is 2.21. The molecule has 0 amide bonds. The number of para-hydroxylation sites is 1. The summed E-state index contributed by atoms with van der Waals surface area (Å²) < 4.78 is 38.6. The summed E-state index contributed by atoms with van der Waals surface area (Å²) in [5.41, 5.74) is 1.85. The maximum absolute atomic E-state index is 7.26. The van der Waals surface area contributed by atoms with Crippen LogP contribution >= 0.6 is 22.6 Å². The molecular weight excluding hydrogens is 405 g/mol. The van der Waals surface area contributed by atoms with Crippen LogP contribution in [0, 0.1) is 3.57 Å². The molecule has 0 fully saturated rings. The fourth-order valence-corrected chi connectivity index (χ4v) is 2.97. The molecular formula is C18H22INO3. The summed E-state index contributed by atoms with van der Waals surface area (Å²) in [5, 5.41) is 3.32. The minimum atomic E-state index is -2.46. The average Bonchev–Trinajstić information content (AvgIpc) is 2.59. The molecule has 0 bridgehead atoms. The summed E-state index contributed by atoms with van der Waals surface area (Å²) in [7, 11) is 0.840. The van der Waals surface area contributed by atoms with E-state index in [2.05, 4.69) is 27.9 Å². The molecule has 23 heavy (non-hydrogen) atoms. The Labute approximate surface area is 155 Å². The lowest BCUT2D eigenvalue weighted by Gasteiger charge is -2.13. The topological polar surface area (TPSA) is 39.7 Å². The Kier molecular flexibility index (Phi) is 5.44. The lowest BCUT2D eigenvalue weighted by molar-refractivity contribution is 0.395. The lowest BCUT2D eigenvalue weighted by atomic mass is 10.1. The average molecular weight is 430 g/mol. The van der Waals surface area contributed by atoms with Crippen molar-refractivity contribution in [1.29, 1.82) is 0 Å². The Hall–Kier alpha value is -1.47. The number of nitrogens with one attached hydrogen (secondary N) is 1. The third kappa shape index (κ3) is 4.75. The van der Waals surface area contributed by atoms with Crippen LogP contribution in [0.15, 0.2) is 36.4 Å². The van der Waals surface area contributed by atoms with Gasteiger partial charge in [-0.15, -0.1) is 0 Å². The van der Waals surface area contributed by atoms with Crippen molar-refractivity contribution in [2.75, 3.05) is 27.8 Å². The molecule has 0 heterocycles. The van der Waals surface area contributed by atoms with E-state index in [1.54, 1.807) is 26.4 Å². The molecule has 0 aliphatic rings. The largest absolute Gasteiger partial charge is 0.496 e. The smallest absolute Gasteiger partial charge is 0.132 e. The summed E-state index contributed by atoms with van der Waals surface area (Å²) in [6.07, 6.45) is 0.749. The number of halogens is 1. The van der Waals surface area contributed by atoms with E-state index in [0.29, 0.717) is 18.8 Å². The van der Waals surface area contributed by atoms with Crippen LogP contribution < -0.4 is 19.5 Å². The van der Waals surface area contributed by atoms with Crippen LogP contribution in [0.1, 0.15) is 15.2 Å². The van der Waals surface area contributed by atoms with E-state index in [9.17, 15) is 0 Å². The molecule has 0 unspecified atom stereocenters. The first-order chi connectivity index (χ1) is 12.3. The first kappa shape index (κ1) is 13.9.